The van der Waals surface area contributed by atoms with Crippen molar-refractivity contribution >= 4 is 23.4 Å². The van der Waals surface area contributed by atoms with Crippen molar-refractivity contribution in [3.63, 3.8) is 0 Å². The predicted molar refractivity (Wildman–Crippen MR) is 175 cm³/mol. The van der Waals surface area contributed by atoms with E-state index in [0.717, 1.165) is 51.4 Å². The first kappa shape index (κ1) is 34.4. The summed E-state index contributed by atoms with van der Waals surface area (Å²) in [5.74, 6) is -0.108. The van der Waals surface area contributed by atoms with E-state index in [1.54, 1.807) is 47.2 Å². The van der Waals surface area contributed by atoms with Crippen LogP contribution >= 0.6 is 0 Å². The van der Waals surface area contributed by atoms with Gasteiger partial charge in [-0.25, -0.2) is 0 Å². The van der Waals surface area contributed by atoms with Gasteiger partial charge >= 0.3 is 0 Å². The third-order valence-corrected chi connectivity index (χ3v) is 9.12. The second-order valence-corrected chi connectivity index (χ2v) is 12.9. The molecule has 9 nitrogen and oxygen atoms in total. The Bertz CT molecular complexity index is 1260. The van der Waals surface area contributed by atoms with Gasteiger partial charge < -0.3 is 29.7 Å². The van der Waals surface area contributed by atoms with E-state index in [4.69, 9.17) is 9.47 Å². The smallest absolute Gasteiger partial charge is 0.258 e. The lowest BCUT2D eigenvalue weighted by Crippen LogP contribution is -2.48. The molecule has 45 heavy (non-hydrogen) atoms. The number of hydrogen-bond acceptors (Lipinski definition) is 6. The molecule has 1 heterocycles. The second-order valence-electron chi connectivity index (χ2n) is 12.9. The van der Waals surface area contributed by atoms with Crippen molar-refractivity contribution in [2.45, 2.75) is 90.4 Å². The number of carbonyl (C=O) groups excluding carboxylic acids is 3. The maximum absolute atomic E-state index is 14.3. The summed E-state index contributed by atoms with van der Waals surface area (Å²) in [7, 11) is 1.77. The Labute approximate surface area is 268 Å². The standard InChI is InChI=1S/C36H51N3O6/c1-25-22-39(26(2)24-40)36(43)31-21-30(37-34(41)28-14-7-5-8-15-28)18-19-32(31)45-27(3)13-11-12-20-44-33(25)23-38(4)35(42)29-16-9-6-10-17-29/h6,9-10,16-19,21,25-28,33,40H,5,7-8,11-15,20,22-24H2,1-4H3,(H,37,41)/t25-,26-,27+,33-/m1/s1. The molecule has 246 valence electrons. The number of ether oxygens (including phenoxy) is 2. The number of aliphatic hydroxyl groups excluding tert-OH is 1. The Morgan fingerprint density at radius 2 is 1.73 bits per heavy atom. The summed E-state index contributed by atoms with van der Waals surface area (Å²) in [6.45, 7) is 6.78. The highest BCUT2D eigenvalue weighted by Gasteiger charge is 2.31. The number of amides is 3. The zero-order valence-corrected chi connectivity index (χ0v) is 27.4. The van der Waals surface area contributed by atoms with E-state index in [0.29, 0.717) is 42.3 Å². The minimum atomic E-state index is -0.483. The maximum Gasteiger partial charge on any atom is 0.258 e. The van der Waals surface area contributed by atoms with Crippen LogP contribution in [-0.4, -0.2) is 84.2 Å². The van der Waals surface area contributed by atoms with Gasteiger partial charge in [0.05, 0.1) is 30.4 Å². The predicted octanol–water partition coefficient (Wildman–Crippen LogP) is 5.77. The third kappa shape index (κ3) is 9.53. The third-order valence-electron chi connectivity index (χ3n) is 9.12. The SMILES string of the molecule is C[C@@H]1CN([C@H](C)CO)C(=O)c2cc(NC(=O)C3CCCCC3)ccc2O[C@@H](C)CCCCO[C@@H]1CN(C)C(=O)c1ccccc1. The van der Waals surface area contributed by atoms with E-state index in [1.165, 1.54) is 0 Å². The van der Waals surface area contributed by atoms with Crippen molar-refractivity contribution in [1.82, 2.24) is 9.80 Å². The molecule has 4 rings (SSSR count). The van der Waals surface area contributed by atoms with Gasteiger partial charge in [0.25, 0.3) is 11.8 Å². The van der Waals surface area contributed by atoms with Gasteiger partial charge in [-0.3, -0.25) is 14.4 Å². The van der Waals surface area contributed by atoms with Crippen molar-refractivity contribution in [1.29, 1.82) is 0 Å². The van der Waals surface area contributed by atoms with Crippen LogP contribution in [0.25, 0.3) is 0 Å². The fourth-order valence-corrected chi connectivity index (χ4v) is 6.23. The molecule has 2 aliphatic rings. The molecule has 0 unspecified atom stereocenters. The molecule has 0 saturated heterocycles. The van der Waals surface area contributed by atoms with Crippen LogP contribution in [-0.2, 0) is 9.53 Å². The first-order valence-corrected chi connectivity index (χ1v) is 16.6. The van der Waals surface area contributed by atoms with Crippen molar-refractivity contribution in [2.75, 3.05) is 38.7 Å². The highest BCUT2D eigenvalue weighted by Crippen LogP contribution is 2.30. The minimum absolute atomic E-state index is 0.0133. The van der Waals surface area contributed by atoms with Crippen molar-refractivity contribution in [2.24, 2.45) is 11.8 Å². The Hall–Kier alpha value is -3.43. The summed E-state index contributed by atoms with van der Waals surface area (Å²) in [6.07, 6.45) is 7.05. The summed E-state index contributed by atoms with van der Waals surface area (Å²) in [5.41, 5.74) is 1.51. The quantitative estimate of drug-likeness (QED) is 0.406. The number of likely N-dealkylation sites (N-methyl/N-ethyl adjacent to an activating group) is 1. The summed E-state index contributed by atoms with van der Waals surface area (Å²) >= 11 is 0. The first-order valence-electron chi connectivity index (χ1n) is 16.6. The van der Waals surface area contributed by atoms with Gasteiger partial charge in [0, 0.05) is 49.8 Å². The number of nitrogens with zero attached hydrogens (tertiary/aromatic N) is 2. The van der Waals surface area contributed by atoms with E-state index < -0.39 is 6.04 Å². The largest absolute Gasteiger partial charge is 0.490 e. The van der Waals surface area contributed by atoms with E-state index >= 15 is 0 Å². The Morgan fingerprint density at radius 3 is 2.44 bits per heavy atom. The normalized spacial score (nSPS) is 22.8. The number of hydrogen-bond donors (Lipinski definition) is 2. The van der Waals surface area contributed by atoms with Gasteiger partial charge in [0.15, 0.2) is 0 Å². The molecule has 2 aromatic carbocycles. The molecular weight excluding hydrogens is 570 g/mol. The summed E-state index contributed by atoms with van der Waals surface area (Å²) in [6, 6.07) is 14.0. The summed E-state index contributed by atoms with van der Waals surface area (Å²) < 4.78 is 12.7. The van der Waals surface area contributed by atoms with Gasteiger partial charge in [0.2, 0.25) is 5.91 Å². The van der Waals surface area contributed by atoms with E-state index in [-0.39, 0.29) is 48.4 Å². The van der Waals surface area contributed by atoms with Gasteiger partial charge in [-0.15, -0.1) is 0 Å². The summed E-state index contributed by atoms with van der Waals surface area (Å²) in [4.78, 5) is 43.9. The molecule has 3 amide bonds. The van der Waals surface area contributed by atoms with E-state index in [2.05, 4.69) is 5.32 Å². The molecule has 1 aliphatic carbocycles. The fraction of sp³-hybridized carbons (Fsp3) is 0.583. The molecule has 1 saturated carbocycles. The summed E-state index contributed by atoms with van der Waals surface area (Å²) in [5, 5.41) is 13.3. The van der Waals surface area contributed by atoms with Crippen LogP contribution in [0.2, 0.25) is 0 Å². The maximum atomic E-state index is 14.3. The van der Waals surface area contributed by atoms with Crippen LogP contribution in [0.3, 0.4) is 0 Å². The zero-order valence-electron chi connectivity index (χ0n) is 27.4. The average molecular weight is 622 g/mol. The minimum Gasteiger partial charge on any atom is -0.490 e. The lowest BCUT2D eigenvalue weighted by atomic mass is 9.88. The first-order chi connectivity index (χ1) is 21.7. The lowest BCUT2D eigenvalue weighted by molar-refractivity contribution is -0.120. The van der Waals surface area contributed by atoms with Crippen LogP contribution in [0.5, 0.6) is 5.75 Å². The van der Waals surface area contributed by atoms with E-state index in [9.17, 15) is 19.5 Å². The number of aliphatic hydroxyl groups is 1. The van der Waals surface area contributed by atoms with Gasteiger partial charge in [-0.1, -0.05) is 44.4 Å². The molecule has 4 atom stereocenters. The van der Waals surface area contributed by atoms with Gasteiger partial charge in [-0.2, -0.15) is 0 Å². The van der Waals surface area contributed by atoms with Crippen molar-refractivity contribution in [3.05, 3.63) is 59.7 Å². The molecule has 0 aromatic heterocycles. The molecule has 1 fully saturated rings. The molecule has 2 N–H and O–H groups in total. The fourth-order valence-electron chi connectivity index (χ4n) is 6.23. The van der Waals surface area contributed by atoms with Gasteiger partial charge in [0.1, 0.15) is 5.75 Å². The number of fused-ring (bicyclic) bond motifs is 1. The number of rotatable bonds is 7. The van der Waals surface area contributed by atoms with Crippen molar-refractivity contribution in [3.8, 4) is 5.75 Å². The highest BCUT2D eigenvalue weighted by molar-refractivity contribution is 6.00. The molecule has 0 bridgehead atoms. The second kappa shape index (κ2) is 16.8. The number of anilines is 1. The van der Waals surface area contributed by atoms with Crippen LogP contribution in [0.15, 0.2) is 48.5 Å². The van der Waals surface area contributed by atoms with Crippen LogP contribution in [0.4, 0.5) is 5.69 Å². The Balaban J connectivity index is 1.61. The molecule has 2 aromatic rings. The van der Waals surface area contributed by atoms with Gasteiger partial charge in [-0.05, 0) is 76.3 Å². The zero-order chi connectivity index (χ0) is 32.3. The monoisotopic (exact) mass is 621 g/mol. The lowest BCUT2D eigenvalue weighted by Gasteiger charge is -2.36. The van der Waals surface area contributed by atoms with Crippen LogP contribution in [0.1, 0.15) is 92.9 Å². The Morgan fingerprint density at radius 1 is 1.02 bits per heavy atom. The highest BCUT2D eigenvalue weighted by atomic mass is 16.5. The van der Waals surface area contributed by atoms with E-state index in [1.807, 2.05) is 39.0 Å². The van der Waals surface area contributed by atoms with Crippen LogP contribution in [0, 0.1) is 11.8 Å². The van der Waals surface area contributed by atoms with Crippen LogP contribution < -0.4 is 10.1 Å². The number of carbonyl (C=O) groups is 3. The number of nitrogens with one attached hydrogen (secondary N) is 1. The molecule has 0 spiro atoms. The Kier molecular flexibility index (Phi) is 12.8. The molecule has 1 aliphatic heterocycles. The average Bonchev–Trinajstić information content (AvgIpc) is 3.06. The number of benzene rings is 2. The topological polar surface area (TPSA) is 108 Å². The molecule has 0 radical (unpaired) electrons. The molecule has 9 heteroatoms. The molecular formula is C36H51N3O6. The van der Waals surface area contributed by atoms with Crippen molar-refractivity contribution < 1.29 is 29.0 Å².